The lowest BCUT2D eigenvalue weighted by atomic mass is 10.0. The first-order valence-electron chi connectivity index (χ1n) is 11.5. The highest BCUT2D eigenvalue weighted by atomic mass is 31.2. The molecule has 3 unspecified atom stereocenters. The molecule has 0 bridgehead atoms. The van der Waals surface area contributed by atoms with Crippen LogP contribution in [0.15, 0.2) is 42.5 Å². The van der Waals surface area contributed by atoms with Crippen molar-refractivity contribution < 1.29 is 23.5 Å². The van der Waals surface area contributed by atoms with Crippen LogP contribution in [-0.2, 0) is 24.8 Å². The van der Waals surface area contributed by atoms with Crippen molar-refractivity contribution in [2.24, 2.45) is 0 Å². The van der Waals surface area contributed by atoms with Crippen molar-refractivity contribution in [3.8, 4) is 0 Å². The van der Waals surface area contributed by atoms with Gasteiger partial charge >= 0.3 is 7.60 Å². The first kappa shape index (κ1) is 28.1. The average Bonchev–Trinajstić information content (AvgIpc) is 2.73. The fraction of sp³-hybridized carbons (Fsp3) is 0.680. The molecule has 0 fully saturated rings. The lowest BCUT2D eigenvalue weighted by Crippen LogP contribution is -2.31. The fourth-order valence-corrected chi connectivity index (χ4v) is 5.74. The van der Waals surface area contributed by atoms with E-state index in [0.717, 1.165) is 31.2 Å². The quantitative estimate of drug-likeness (QED) is 0.174. The van der Waals surface area contributed by atoms with Crippen molar-refractivity contribution in [3.05, 3.63) is 48.0 Å². The first-order valence-corrected chi connectivity index (χ1v) is 13.1. The second kappa shape index (κ2) is 15.0. The molecule has 0 saturated heterocycles. The maximum Gasteiger partial charge on any atom is 0.336 e. The number of unbranched alkanes of at least 4 members (excludes halogenated alkanes) is 1. The van der Waals surface area contributed by atoms with Gasteiger partial charge in [0.1, 0.15) is 0 Å². The molecule has 0 amide bonds. The van der Waals surface area contributed by atoms with Crippen molar-refractivity contribution >= 4 is 7.60 Å². The zero-order chi connectivity index (χ0) is 23.2. The third kappa shape index (κ3) is 12.0. The van der Waals surface area contributed by atoms with Crippen LogP contribution >= 0.6 is 7.60 Å². The maximum atomic E-state index is 13.6. The van der Waals surface area contributed by atoms with E-state index < -0.39 is 25.0 Å². The Bertz CT molecular complexity index is 654. The molecule has 0 aliphatic rings. The van der Waals surface area contributed by atoms with Crippen molar-refractivity contribution in [1.82, 2.24) is 0 Å². The highest BCUT2D eigenvalue weighted by Crippen LogP contribution is 2.58. The second-order valence-electron chi connectivity index (χ2n) is 8.86. The predicted molar refractivity (Wildman–Crippen MR) is 129 cm³/mol. The molecule has 1 aromatic carbocycles. The van der Waals surface area contributed by atoms with E-state index >= 15 is 0 Å². The van der Waals surface area contributed by atoms with E-state index in [-0.39, 0.29) is 0 Å². The summed E-state index contributed by atoms with van der Waals surface area (Å²) in [7, 11) is -2.07. The Kier molecular flexibility index (Phi) is 13.6. The van der Waals surface area contributed by atoms with Gasteiger partial charge in [0.25, 0.3) is 0 Å². The van der Waals surface area contributed by atoms with Crippen molar-refractivity contribution in [1.29, 1.82) is 0 Å². The van der Waals surface area contributed by atoms with Gasteiger partial charge in [-0.3, -0.25) is 4.57 Å². The van der Waals surface area contributed by atoms with Gasteiger partial charge in [-0.25, -0.2) is 0 Å². The van der Waals surface area contributed by atoms with Gasteiger partial charge in [0.05, 0.1) is 24.0 Å². The molecule has 5 nitrogen and oxygen atoms in total. The Morgan fingerprint density at radius 2 is 1.77 bits per heavy atom. The zero-order valence-electron chi connectivity index (χ0n) is 20.1. The molecular weight excluding hydrogens is 411 g/mol. The van der Waals surface area contributed by atoms with Crippen molar-refractivity contribution in [2.45, 2.75) is 90.0 Å². The predicted octanol–water partition coefficient (Wildman–Crippen LogP) is 6.55. The molecule has 3 atom stereocenters. The maximum absolute atomic E-state index is 13.6. The molecule has 0 aromatic heterocycles. The van der Waals surface area contributed by atoms with Gasteiger partial charge in [-0.15, -0.1) is 0 Å². The highest BCUT2D eigenvalue weighted by Gasteiger charge is 2.42. The molecule has 0 saturated carbocycles. The number of hydrogen-bond donors (Lipinski definition) is 1. The van der Waals surface area contributed by atoms with Crippen molar-refractivity contribution in [2.75, 3.05) is 20.3 Å². The van der Waals surface area contributed by atoms with E-state index in [2.05, 4.69) is 19.1 Å². The number of aliphatic hydroxyl groups is 1. The largest absolute Gasteiger partial charge is 0.392 e. The van der Waals surface area contributed by atoms with Crippen LogP contribution in [0.1, 0.15) is 71.8 Å². The molecule has 31 heavy (non-hydrogen) atoms. The third-order valence-corrected chi connectivity index (χ3v) is 7.67. The van der Waals surface area contributed by atoms with Crippen LogP contribution in [0.25, 0.3) is 0 Å². The van der Waals surface area contributed by atoms with Gasteiger partial charge < -0.3 is 18.9 Å². The monoisotopic (exact) mass is 454 g/mol. The molecule has 0 spiro atoms. The summed E-state index contributed by atoms with van der Waals surface area (Å²) in [5, 5.41) is 11.0. The zero-order valence-corrected chi connectivity index (χ0v) is 21.0. The minimum absolute atomic E-state index is 0.510. The van der Waals surface area contributed by atoms with Crippen LogP contribution in [-0.4, -0.2) is 42.8 Å². The Labute approximate surface area is 189 Å². The number of rotatable bonds is 16. The molecule has 1 rings (SSSR count). The van der Waals surface area contributed by atoms with E-state index in [9.17, 15) is 9.67 Å². The van der Waals surface area contributed by atoms with E-state index in [4.69, 9.17) is 13.8 Å². The summed E-state index contributed by atoms with van der Waals surface area (Å²) in [5.41, 5.74) is -0.0411. The molecule has 0 aliphatic carbocycles. The highest BCUT2D eigenvalue weighted by molar-refractivity contribution is 7.54. The van der Waals surface area contributed by atoms with Crippen LogP contribution < -0.4 is 0 Å². The lowest BCUT2D eigenvalue weighted by molar-refractivity contribution is 0.0782. The molecule has 0 heterocycles. The van der Waals surface area contributed by atoms with E-state index in [1.54, 1.807) is 0 Å². The molecule has 0 radical (unpaired) electrons. The Morgan fingerprint density at radius 3 is 2.39 bits per heavy atom. The number of allylic oxidation sites excluding steroid dienone is 1. The normalized spacial score (nSPS) is 16.3. The van der Waals surface area contributed by atoms with Crippen LogP contribution in [0.5, 0.6) is 0 Å². The molecule has 1 aromatic rings. The Balaban J connectivity index is 2.66. The first-order chi connectivity index (χ1) is 14.7. The summed E-state index contributed by atoms with van der Waals surface area (Å²) in [6, 6.07) is 10.0. The van der Waals surface area contributed by atoms with Gasteiger partial charge in [0.2, 0.25) is 0 Å². The van der Waals surface area contributed by atoms with Crippen LogP contribution in [0.3, 0.4) is 0 Å². The molecule has 1 N–H and O–H groups in total. The SMILES string of the molecule is CC/C=C/CCOCCCCC(C(O)CCc1ccccc1)P(=O)(OC)OC(C)(C)C. The standard InChI is InChI=1S/C25H43O5P/c1-6-7-8-13-20-29-21-14-12-17-24(31(27,28-5)30-25(2,3)4)23(26)19-18-22-15-10-9-11-16-22/h7-11,15-16,23-24,26H,6,12-14,17-21H2,1-5H3/b8-7+. The summed E-state index contributed by atoms with van der Waals surface area (Å²) in [6.45, 7) is 9.05. The lowest BCUT2D eigenvalue weighted by Gasteiger charge is -2.34. The minimum atomic E-state index is -3.48. The number of benzene rings is 1. The van der Waals surface area contributed by atoms with E-state index in [0.29, 0.717) is 32.5 Å². The number of aliphatic hydroxyl groups excluding tert-OH is 1. The van der Waals surface area contributed by atoms with Crippen LogP contribution in [0.2, 0.25) is 0 Å². The summed E-state index contributed by atoms with van der Waals surface area (Å²) in [5.74, 6) is 0. The van der Waals surface area contributed by atoms with Gasteiger partial charge in [-0.05, 0) is 64.9 Å². The Hall–Kier alpha value is -0.970. The van der Waals surface area contributed by atoms with Gasteiger partial charge in [0.15, 0.2) is 0 Å². The molecule has 178 valence electrons. The summed E-state index contributed by atoms with van der Waals surface area (Å²) in [6.07, 6.45) is 8.90. The van der Waals surface area contributed by atoms with Gasteiger partial charge in [-0.1, -0.05) is 55.8 Å². The van der Waals surface area contributed by atoms with Gasteiger partial charge in [-0.2, -0.15) is 0 Å². The number of aryl methyl sites for hydroxylation is 1. The summed E-state index contributed by atoms with van der Waals surface area (Å²) >= 11 is 0. The number of ether oxygens (including phenoxy) is 1. The minimum Gasteiger partial charge on any atom is -0.392 e. The van der Waals surface area contributed by atoms with Gasteiger partial charge in [0, 0.05) is 13.7 Å². The summed E-state index contributed by atoms with van der Waals surface area (Å²) < 4.78 is 30.5. The Morgan fingerprint density at radius 1 is 1.06 bits per heavy atom. The topological polar surface area (TPSA) is 65.0 Å². The van der Waals surface area contributed by atoms with Crippen LogP contribution in [0.4, 0.5) is 0 Å². The molecular formula is C25H43O5P. The number of hydrogen-bond acceptors (Lipinski definition) is 5. The van der Waals surface area contributed by atoms with E-state index in [1.165, 1.54) is 7.11 Å². The van der Waals surface area contributed by atoms with E-state index in [1.807, 2.05) is 51.1 Å². The van der Waals surface area contributed by atoms with Crippen molar-refractivity contribution in [3.63, 3.8) is 0 Å². The second-order valence-corrected chi connectivity index (χ2v) is 11.2. The molecule has 0 aliphatic heterocycles. The smallest absolute Gasteiger partial charge is 0.336 e. The molecule has 6 heteroatoms. The van der Waals surface area contributed by atoms with Crippen LogP contribution in [0, 0.1) is 0 Å². The summed E-state index contributed by atoms with van der Waals surface area (Å²) in [4.78, 5) is 0. The fourth-order valence-electron chi connectivity index (χ4n) is 3.43. The average molecular weight is 455 g/mol. The third-order valence-electron chi connectivity index (χ3n) is 4.95.